The summed E-state index contributed by atoms with van der Waals surface area (Å²) in [5, 5.41) is 2.89. The summed E-state index contributed by atoms with van der Waals surface area (Å²) in [4.78, 5) is 14.1. The Bertz CT molecular complexity index is 385. The highest BCUT2D eigenvalue weighted by Crippen LogP contribution is 2.19. The summed E-state index contributed by atoms with van der Waals surface area (Å²) < 4.78 is 0. The summed E-state index contributed by atoms with van der Waals surface area (Å²) in [5.74, 6) is 2.41. The number of nitrogens with zero attached hydrogens (tertiary/aromatic N) is 1. The average Bonchev–Trinajstić information content (AvgIpc) is 2.46. The van der Waals surface area contributed by atoms with Crippen molar-refractivity contribution in [2.24, 2.45) is 0 Å². The van der Waals surface area contributed by atoms with E-state index in [-0.39, 0.29) is 5.91 Å². The summed E-state index contributed by atoms with van der Waals surface area (Å²) in [7, 11) is 0. The molecule has 1 aromatic rings. The number of anilines is 1. The number of nitrogens with one attached hydrogen (secondary N) is 1. The van der Waals surface area contributed by atoms with E-state index in [1.807, 2.05) is 23.9 Å². The summed E-state index contributed by atoms with van der Waals surface area (Å²) in [6, 6.07) is 7.94. The summed E-state index contributed by atoms with van der Waals surface area (Å²) in [6.07, 6.45) is 0.968. The van der Waals surface area contributed by atoms with Gasteiger partial charge in [-0.25, -0.2) is 0 Å². The minimum absolute atomic E-state index is 0.0256. The molecular weight excluding hydrogens is 244 g/mol. The topological polar surface area (TPSA) is 32.3 Å². The summed E-state index contributed by atoms with van der Waals surface area (Å²) >= 11 is 2.00. The van der Waals surface area contributed by atoms with E-state index >= 15 is 0 Å². The second-order valence-electron chi connectivity index (χ2n) is 4.40. The van der Waals surface area contributed by atoms with E-state index in [1.54, 1.807) is 0 Å². The third-order valence-corrected chi connectivity index (χ3v) is 3.98. The first-order valence-electron chi connectivity index (χ1n) is 6.52. The lowest BCUT2D eigenvalue weighted by Gasteiger charge is -2.28. The van der Waals surface area contributed by atoms with E-state index < -0.39 is 0 Å². The Morgan fingerprint density at radius 3 is 2.56 bits per heavy atom. The van der Waals surface area contributed by atoms with Gasteiger partial charge in [-0.05, 0) is 30.7 Å². The number of thioether (sulfide) groups is 1. The van der Waals surface area contributed by atoms with Crippen LogP contribution in [0.1, 0.15) is 23.7 Å². The molecule has 0 aromatic heterocycles. The number of benzene rings is 1. The Hall–Kier alpha value is -1.16. The fourth-order valence-corrected chi connectivity index (χ4v) is 2.89. The molecule has 1 aliphatic heterocycles. The molecule has 0 aliphatic carbocycles. The van der Waals surface area contributed by atoms with Crippen molar-refractivity contribution in [1.29, 1.82) is 0 Å². The smallest absolute Gasteiger partial charge is 0.251 e. The van der Waals surface area contributed by atoms with Gasteiger partial charge in [0.15, 0.2) is 0 Å². The van der Waals surface area contributed by atoms with E-state index in [9.17, 15) is 4.79 Å². The first kappa shape index (κ1) is 13.3. The van der Waals surface area contributed by atoms with E-state index in [1.165, 1.54) is 17.2 Å². The lowest BCUT2D eigenvalue weighted by molar-refractivity contribution is 0.0953. The standard InChI is InChI=1S/C14H20N2OS/c1-2-7-15-14(17)12-3-5-13(6-4-12)16-8-10-18-11-9-16/h3-6H,2,7-11H2,1H3,(H,15,17). The molecule has 0 atom stereocenters. The van der Waals surface area contributed by atoms with Crippen molar-refractivity contribution < 1.29 is 4.79 Å². The van der Waals surface area contributed by atoms with Crippen LogP contribution in [0.3, 0.4) is 0 Å². The average molecular weight is 264 g/mol. The molecule has 1 N–H and O–H groups in total. The van der Waals surface area contributed by atoms with Crippen LogP contribution in [0.5, 0.6) is 0 Å². The monoisotopic (exact) mass is 264 g/mol. The van der Waals surface area contributed by atoms with Crippen molar-refractivity contribution in [2.75, 3.05) is 36.0 Å². The first-order chi connectivity index (χ1) is 8.81. The molecule has 18 heavy (non-hydrogen) atoms. The number of rotatable bonds is 4. The van der Waals surface area contributed by atoms with Crippen molar-refractivity contribution >= 4 is 23.4 Å². The molecule has 0 radical (unpaired) electrons. The van der Waals surface area contributed by atoms with Crippen LogP contribution in [-0.2, 0) is 0 Å². The molecular formula is C14H20N2OS. The van der Waals surface area contributed by atoms with E-state index in [0.29, 0.717) is 0 Å². The fraction of sp³-hybridized carbons (Fsp3) is 0.500. The van der Waals surface area contributed by atoms with E-state index in [4.69, 9.17) is 0 Å². The maximum Gasteiger partial charge on any atom is 0.251 e. The van der Waals surface area contributed by atoms with Gasteiger partial charge in [0.1, 0.15) is 0 Å². The third-order valence-electron chi connectivity index (χ3n) is 3.04. The normalized spacial score (nSPS) is 15.5. The maximum absolute atomic E-state index is 11.8. The van der Waals surface area contributed by atoms with E-state index in [0.717, 1.165) is 31.6 Å². The van der Waals surface area contributed by atoms with E-state index in [2.05, 4.69) is 29.3 Å². The summed E-state index contributed by atoms with van der Waals surface area (Å²) in [6.45, 7) is 5.00. The van der Waals surface area contributed by atoms with Gasteiger partial charge in [0.25, 0.3) is 5.91 Å². The minimum atomic E-state index is 0.0256. The highest BCUT2D eigenvalue weighted by molar-refractivity contribution is 7.99. The SMILES string of the molecule is CCCNC(=O)c1ccc(N2CCSCC2)cc1. The molecule has 0 saturated carbocycles. The molecule has 3 nitrogen and oxygen atoms in total. The summed E-state index contributed by atoms with van der Waals surface area (Å²) in [5.41, 5.74) is 1.97. The molecule has 1 amide bonds. The Labute approximate surface area is 113 Å². The van der Waals surface area contributed by atoms with Crippen molar-refractivity contribution in [1.82, 2.24) is 5.32 Å². The predicted molar refractivity (Wildman–Crippen MR) is 78.6 cm³/mol. The molecule has 1 saturated heterocycles. The van der Waals surface area contributed by atoms with Gasteiger partial charge in [0.05, 0.1) is 0 Å². The lowest BCUT2D eigenvalue weighted by atomic mass is 10.2. The first-order valence-corrected chi connectivity index (χ1v) is 7.67. The number of hydrogen-bond acceptors (Lipinski definition) is 3. The lowest BCUT2D eigenvalue weighted by Crippen LogP contribution is -2.32. The molecule has 98 valence electrons. The van der Waals surface area contributed by atoms with Gasteiger partial charge in [0, 0.05) is 42.4 Å². The van der Waals surface area contributed by atoms with Crippen LogP contribution in [0.15, 0.2) is 24.3 Å². The van der Waals surface area contributed by atoms with Crippen LogP contribution in [0.4, 0.5) is 5.69 Å². The third kappa shape index (κ3) is 3.42. The molecule has 0 spiro atoms. The molecule has 0 bridgehead atoms. The van der Waals surface area contributed by atoms with Gasteiger partial charge in [-0.2, -0.15) is 11.8 Å². The van der Waals surface area contributed by atoms with Crippen LogP contribution >= 0.6 is 11.8 Å². The Morgan fingerprint density at radius 1 is 1.28 bits per heavy atom. The maximum atomic E-state index is 11.8. The van der Waals surface area contributed by atoms with Crippen LogP contribution in [0, 0.1) is 0 Å². The largest absolute Gasteiger partial charge is 0.370 e. The van der Waals surface area contributed by atoms with Gasteiger partial charge in [0.2, 0.25) is 0 Å². The Morgan fingerprint density at radius 2 is 1.94 bits per heavy atom. The van der Waals surface area contributed by atoms with Crippen molar-refractivity contribution in [3.8, 4) is 0 Å². The molecule has 1 fully saturated rings. The number of carbonyl (C=O) groups is 1. The Kier molecular flexibility index (Phi) is 4.93. The van der Waals surface area contributed by atoms with Crippen LogP contribution in [0.2, 0.25) is 0 Å². The zero-order valence-corrected chi connectivity index (χ0v) is 11.6. The molecule has 0 unspecified atom stereocenters. The fourth-order valence-electron chi connectivity index (χ4n) is 1.99. The zero-order chi connectivity index (χ0) is 12.8. The van der Waals surface area contributed by atoms with Gasteiger partial charge in [-0.3, -0.25) is 4.79 Å². The predicted octanol–water partition coefficient (Wildman–Crippen LogP) is 2.38. The van der Waals surface area contributed by atoms with Gasteiger partial charge < -0.3 is 10.2 Å². The molecule has 2 rings (SSSR count). The van der Waals surface area contributed by atoms with Gasteiger partial charge in [-0.1, -0.05) is 6.92 Å². The van der Waals surface area contributed by atoms with Crippen molar-refractivity contribution in [3.63, 3.8) is 0 Å². The second-order valence-corrected chi connectivity index (χ2v) is 5.63. The zero-order valence-electron chi connectivity index (χ0n) is 10.8. The number of hydrogen-bond donors (Lipinski definition) is 1. The van der Waals surface area contributed by atoms with Crippen molar-refractivity contribution in [2.45, 2.75) is 13.3 Å². The van der Waals surface area contributed by atoms with Crippen LogP contribution in [0.25, 0.3) is 0 Å². The molecule has 1 aliphatic rings. The second kappa shape index (κ2) is 6.69. The highest BCUT2D eigenvalue weighted by atomic mass is 32.2. The van der Waals surface area contributed by atoms with Crippen molar-refractivity contribution in [3.05, 3.63) is 29.8 Å². The van der Waals surface area contributed by atoms with Crippen LogP contribution in [-0.4, -0.2) is 37.0 Å². The minimum Gasteiger partial charge on any atom is -0.370 e. The van der Waals surface area contributed by atoms with Gasteiger partial charge >= 0.3 is 0 Å². The van der Waals surface area contributed by atoms with Gasteiger partial charge in [-0.15, -0.1) is 0 Å². The molecule has 1 heterocycles. The molecule has 4 heteroatoms. The molecule has 1 aromatic carbocycles. The quantitative estimate of drug-likeness (QED) is 0.906. The number of amides is 1. The van der Waals surface area contributed by atoms with Crippen LogP contribution < -0.4 is 10.2 Å². The Balaban J connectivity index is 1.98. The highest BCUT2D eigenvalue weighted by Gasteiger charge is 2.11. The number of carbonyl (C=O) groups excluding carboxylic acids is 1.